The van der Waals surface area contributed by atoms with Crippen molar-refractivity contribution in [2.45, 2.75) is 45.6 Å². The SMILES string of the molecule is CCOC(=O)CCCCCC(=O)OCc1ccc(Br)cc1OC. The van der Waals surface area contributed by atoms with Crippen molar-refractivity contribution in [1.82, 2.24) is 0 Å². The topological polar surface area (TPSA) is 61.8 Å². The number of benzene rings is 1. The second-order valence-corrected chi connectivity index (χ2v) is 5.90. The molecule has 0 heterocycles. The molecule has 5 nitrogen and oxygen atoms in total. The molecule has 23 heavy (non-hydrogen) atoms. The van der Waals surface area contributed by atoms with Crippen LogP contribution >= 0.6 is 15.9 Å². The van der Waals surface area contributed by atoms with Crippen molar-refractivity contribution in [3.63, 3.8) is 0 Å². The highest BCUT2D eigenvalue weighted by Gasteiger charge is 2.08. The van der Waals surface area contributed by atoms with Crippen LogP contribution in [0, 0.1) is 0 Å². The predicted octanol–water partition coefficient (Wildman–Crippen LogP) is 4.01. The van der Waals surface area contributed by atoms with Gasteiger partial charge in [-0.3, -0.25) is 9.59 Å². The van der Waals surface area contributed by atoms with E-state index in [0.29, 0.717) is 31.6 Å². The largest absolute Gasteiger partial charge is 0.496 e. The number of esters is 2. The zero-order valence-corrected chi connectivity index (χ0v) is 15.2. The summed E-state index contributed by atoms with van der Waals surface area (Å²) in [6, 6.07) is 5.56. The molecule has 128 valence electrons. The standard InChI is InChI=1S/C17H23BrO5/c1-3-22-16(19)7-5-4-6-8-17(20)23-12-13-9-10-14(18)11-15(13)21-2/h9-11H,3-8,12H2,1-2H3. The fourth-order valence-electron chi connectivity index (χ4n) is 2.02. The lowest BCUT2D eigenvalue weighted by Crippen LogP contribution is -2.06. The summed E-state index contributed by atoms with van der Waals surface area (Å²) in [5.74, 6) is 0.255. The zero-order chi connectivity index (χ0) is 17.1. The molecule has 0 aliphatic heterocycles. The van der Waals surface area contributed by atoms with E-state index in [0.717, 1.165) is 22.9 Å². The van der Waals surface area contributed by atoms with E-state index in [1.165, 1.54) is 0 Å². The second-order valence-electron chi connectivity index (χ2n) is 4.98. The Bertz CT molecular complexity index is 516. The van der Waals surface area contributed by atoms with Gasteiger partial charge in [-0.1, -0.05) is 28.4 Å². The van der Waals surface area contributed by atoms with E-state index in [9.17, 15) is 9.59 Å². The third-order valence-electron chi connectivity index (χ3n) is 3.20. The fourth-order valence-corrected chi connectivity index (χ4v) is 2.36. The van der Waals surface area contributed by atoms with Gasteiger partial charge in [0.15, 0.2) is 0 Å². The molecule has 1 aromatic rings. The number of halogens is 1. The average Bonchev–Trinajstić information content (AvgIpc) is 2.53. The highest BCUT2D eigenvalue weighted by molar-refractivity contribution is 9.10. The zero-order valence-electron chi connectivity index (χ0n) is 13.6. The van der Waals surface area contributed by atoms with Crippen molar-refractivity contribution in [3.05, 3.63) is 28.2 Å². The van der Waals surface area contributed by atoms with Gasteiger partial charge in [0.1, 0.15) is 12.4 Å². The summed E-state index contributed by atoms with van der Waals surface area (Å²) in [6.45, 7) is 2.39. The van der Waals surface area contributed by atoms with E-state index in [1.807, 2.05) is 18.2 Å². The van der Waals surface area contributed by atoms with Crippen molar-refractivity contribution in [2.75, 3.05) is 13.7 Å². The minimum atomic E-state index is -0.244. The van der Waals surface area contributed by atoms with Gasteiger partial charge in [-0.05, 0) is 31.9 Å². The molecule has 1 aromatic carbocycles. The Morgan fingerprint density at radius 2 is 1.70 bits per heavy atom. The summed E-state index contributed by atoms with van der Waals surface area (Å²) in [4.78, 5) is 22.9. The summed E-state index contributed by atoms with van der Waals surface area (Å²) >= 11 is 3.37. The number of ether oxygens (including phenoxy) is 3. The molecule has 1 rings (SSSR count). The number of unbranched alkanes of at least 4 members (excludes halogenated alkanes) is 2. The van der Waals surface area contributed by atoms with E-state index in [2.05, 4.69) is 15.9 Å². The van der Waals surface area contributed by atoms with E-state index >= 15 is 0 Å². The highest BCUT2D eigenvalue weighted by atomic mass is 79.9. The van der Waals surface area contributed by atoms with Gasteiger partial charge in [0.25, 0.3) is 0 Å². The number of methoxy groups -OCH3 is 1. The molecule has 6 heteroatoms. The van der Waals surface area contributed by atoms with Gasteiger partial charge in [0.05, 0.1) is 13.7 Å². The first kappa shape index (κ1) is 19.5. The highest BCUT2D eigenvalue weighted by Crippen LogP contribution is 2.24. The molecule has 0 aliphatic carbocycles. The van der Waals surface area contributed by atoms with Crippen LogP contribution in [-0.4, -0.2) is 25.7 Å². The van der Waals surface area contributed by atoms with Gasteiger partial charge < -0.3 is 14.2 Å². The molecular formula is C17H23BrO5. The van der Waals surface area contributed by atoms with Crippen LogP contribution in [0.25, 0.3) is 0 Å². The smallest absolute Gasteiger partial charge is 0.306 e. The van der Waals surface area contributed by atoms with Crippen LogP contribution in [0.3, 0.4) is 0 Å². The Hall–Kier alpha value is -1.56. The summed E-state index contributed by atoms with van der Waals surface area (Å²) in [5, 5.41) is 0. The second kappa shape index (κ2) is 11.0. The Kier molecular flexibility index (Phi) is 9.36. The van der Waals surface area contributed by atoms with E-state index in [4.69, 9.17) is 14.2 Å². The minimum Gasteiger partial charge on any atom is -0.496 e. The first-order chi connectivity index (χ1) is 11.1. The Morgan fingerprint density at radius 3 is 2.30 bits per heavy atom. The Labute approximate surface area is 145 Å². The molecule has 0 radical (unpaired) electrons. The number of rotatable bonds is 10. The van der Waals surface area contributed by atoms with Gasteiger partial charge in [0, 0.05) is 22.9 Å². The van der Waals surface area contributed by atoms with Crippen molar-refractivity contribution in [2.24, 2.45) is 0 Å². The quantitative estimate of drug-likeness (QED) is 0.448. The first-order valence-electron chi connectivity index (χ1n) is 7.70. The molecule has 0 atom stereocenters. The lowest BCUT2D eigenvalue weighted by atomic mass is 10.1. The van der Waals surface area contributed by atoms with Crippen LogP contribution in [-0.2, 0) is 25.7 Å². The van der Waals surface area contributed by atoms with Crippen LogP contribution in [0.1, 0.15) is 44.6 Å². The van der Waals surface area contributed by atoms with Crippen LogP contribution in [0.4, 0.5) is 0 Å². The maximum atomic E-state index is 11.7. The monoisotopic (exact) mass is 386 g/mol. The maximum absolute atomic E-state index is 11.7. The lowest BCUT2D eigenvalue weighted by molar-refractivity contribution is -0.145. The van der Waals surface area contributed by atoms with Crippen molar-refractivity contribution in [1.29, 1.82) is 0 Å². The Balaban J connectivity index is 2.21. The number of carbonyl (C=O) groups excluding carboxylic acids is 2. The van der Waals surface area contributed by atoms with Crippen molar-refractivity contribution in [3.8, 4) is 5.75 Å². The summed E-state index contributed by atoms with van der Waals surface area (Å²) < 4.78 is 16.2. The van der Waals surface area contributed by atoms with E-state index in [1.54, 1.807) is 14.0 Å². The summed E-state index contributed by atoms with van der Waals surface area (Å²) in [5.41, 5.74) is 0.825. The molecule has 0 aromatic heterocycles. The molecule has 0 saturated heterocycles. The molecule has 0 bridgehead atoms. The third-order valence-corrected chi connectivity index (χ3v) is 3.70. The summed E-state index contributed by atoms with van der Waals surface area (Å²) in [6.07, 6.45) is 2.98. The number of hydrogen-bond acceptors (Lipinski definition) is 5. The van der Waals surface area contributed by atoms with Crippen LogP contribution in [0.5, 0.6) is 5.75 Å². The van der Waals surface area contributed by atoms with Gasteiger partial charge in [-0.2, -0.15) is 0 Å². The van der Waals surface area contributed by atoms with Crippen LogP contribution in [0.2, 0.25) is 0 Å². The molecule has 0 unspecified atom stereocenters. The van der Waals surface area contributed by atoms with E-state index < -0.39 is 0 Å². The lowest BCUT2D eigenvalue weighted by Gasteiger charge is -2.10. The van der Waals surface area contributed by atoms with Crippen LogP contribution in [0.15, 0.2) is 22.7 Å². The van der Waals surface area contributed by atoms with E-state index in [-0.39, 0.29) is 18.5 Å². The predicted molar refractivity (Wildman–Crippen MR) is 90.2 cm³/mol. The maximum Gasteiger partial charge on any atom is 0.306 e. The molecule has 0 saturated carbocycles. The van der Waals surface area contributed by atoms with Gasteiger partial charge in [0.2, 0.25) is 0 Å². The average molecular weight is 387 g/mol. The fraction of sp³-hybridized carbons (Fsp3) is 0.529. The van der Waals surface area contributed by atoms with Crippen molar-refractivity contribution >= 4 is 27.9 Å². The van der Waals surface area contributed by atoms with Gasteiger partial charge in [-0.25, -0.2) is 0 Å². The third kappa shape index (κ3) is 8.02. The first-order valence-corrected chi connectivity index (χ1v) is 8.49. The van der Waals surface area contributed by atoms with Crippen molar-refractivity contribution < 1.29 is 23.8 Å². The Morgan fingerprint density at radius 1 is 1.04 bits per heavy atom. The summed E-state index contributed by atoms with van der Waals surface area (Å²) in [7, 11) is 1.58. The minimum absolute atomic E-state index is 0.183. The van der Waals surface area contributed by atoms with Crippen LogP contribution < -0.4 is 4.74 Å². The number of carbonyl (C=O) groups is 2. The molecule has 0 aliphatic rings. The molecule has 0 amide bonds. The molecule has 0 fully saturated rings. The molecule has 0 N–H and O–H groups in total. The van der Waals surface area contributed by atoms with Gasteiger partial charge in [-0.15, -0.1) is 0 Å². The molecular weight excluding hydrogens is 364 g/mol. The normalized spacial score (nSPS) is 10.2. The van der Waals surface area contributed by atoms with Gasteiger partial charge >= 0.3 is 11.9 Å². The molecule has 0 spiro atoms. The number of hydrogen-bond donors (Lipinski definition) is 0.